The lowest BCUT2D eigenvalue weighted by Gasteiger charge is -2.07. The smallest absolute Gasteiger partial charge is 0.165 e. The maximum Gasteiger partial charge on any atom is 0.165 e. The predicted molar refractivity (Wildman–Crippen MR) is 59.7 cm³/mol. The zero-order valence-electron chi connectivity index (χ0n) is 9.59. The molecule has 0 amide bonds. The van der Waals surface area contributed by atoms with Gasteiger partial charge in [-0.2, -0.15) is 5.26 Å². The lowest BCUT2D eigenvalue weighted by atomic mass is 10.1. The minimum atomic E-state index is -0.569. The molecule has 0 aliphatic heterocycles. The number of hydrogen-bond acceptors (Lipinski definition) is 3. The van der Waals surface area contributed by atoms with Crippen molar-refractivity contribution in [3.63, 3.8) is 0 Å². The normalized spacial score (nSPS) is 10.0. The van der Waals surface area contributed by atoms with E-state index >= 15 is 0 Å². The summed E-state index contributed by atoms with van der Waals surface area (Å²) in [6.45, 7) is 1.06. The Morgan fingerprint density at radius 3 is 2.71 bits per heavy atom. The number of nitrogens with zero attached hydrogens (tertiary/aromatic N) is 1. The number of nitrogens with one attached hydrogen (secondary N) is 1. The summed E-state index contributed by atoms with van der Waals surface area (Å²) in [5.41, 5.74) is 0.299. The lowest BCUT2D eigenvalue weighted by Crippen LogP contribution is -2.18. The Balaban J connectivity index is 2.54. The summed E-state index contributed by atoms with van der Waals surface area (Å²) in [4.78, 5) is 0. The van der Waals surface area contributed by atoms with Gasteiger partial charge in [-0.05, 0) is 24.6 Å². The molecule has 0 radical (unpaired) electrons. The molecule has 0 atom stereocenters. The largest absolute Gasteiger partial charge is 0.494 e. The summed E-state index contributed by atoms with van der Waals surface area (Å²) < 4.78 is 31.4. The molecule has 0 bridgehead atoms. The standard InChI is InChI=1S/C12H14F2N2O/c1-17-12-8-10(13)9(7-11(12)14)3-6-16-5-2-4-15/h7-8,16H,2-3,5-6H2,1H3. The van der Waals surface area contributed by atoms with E-state index in [-0.39, 0.29) is 5.75 Å². The molecule has 0 heterocycles. The molecule has 0 unspecified atom stereocenters. The zero-order valence-corrected chi connectivity index (χ0v) is 9.59. The number of hydrogen-bond donors (Lipinski definition) is 1. The van der Waals surface area contributed by atoms with Crippen molar-refractivity contribution in [2.24, 2.45) is 0 Å². The van der Waals surface area contributed by atoms with Crippen molar-refractivity contribution in [1.29, 1.82) is 5.26 Å². The second-order valence-corrected chi connectivity index (χ2v) is 3.49. The number of ether oxygens (including phenoxy) is 1. The van der Waals surface area contributed by atoms with Crippen LogP contribution in [0.25, 0.3) is 0 Å². The van der Waals surface area contributed by atoms with E-state index in [1.54, 1.807) is 0 Å². The molecule has 0 saturated carbocycles. The Morgan fingerprint density at radius 1 is 1.29 bits per heavy atom. The van der Waals surface area contributed by atoms with E-state index < -0.39 is 11.6 Å². The molecular weight excluding hydrogens is 226 g/mol. The van der Waals surface area contributed by atoms with Crippen LogP contribution in [0.2, 0.25) is 0 Å². The van der Waals surface area contributed by atoms with Crippen LogP contribution in [-0.2, 0) is 6.42 Å². The molecule has 92 valence electrons. The third kappa shape index (κ3) is 4.00. The van der Waals surface area contributed by atoms with Gasteiger partial charge in [-0.1, -0.05) is 0 Å². The van der Waals surface area contributed by atoms with Crippen molar-refractivity contribution in [2.45, 2.75) is 12.8 Å². The molecule has 5 heteroatoms. The fourth-order valence-corrected chi connectivity index (χ4v) is 1.41. The van der Waals surface area contributed by atoms with Crippen LogP contribution in [0.5, 0.6) is 5.75 Å². The number of benzene rings is 1. The minimum absolute atomic E-state index is 0.0938. The molecule has 1 rings (SSSR count). The second-order valence-electron chi connectivity index (χ2n) is 3.49. The van der Waals surface area contributed by atoms with Crippen LogP contribution >= 0.6 is 0 Å². The molecule has 0 saturated heterocycles. The van der Waals surface area contributed by atoms with Gasteiger partial charge < -0.3 is 10.1 Å². The van der Waals surface area contributed by atoms with Crippen LogP contribution in [0.15, 0.2) is 12.1 Å². The highest BCUT2D eigenvalue weighted by molar-refractivity contribution is 5.31. The summed E-state index contributed by atoms with van der Waals surface area (Å²) in [5.74, 6) is -1.14. The second kappa shape index (κ2) is 6.81. The van der Waals surface area contributed by atoms with Crippen molar-refractivity contribution in [2.75, 3.05) is 20.2 Å². The van der Waals surface area contributed by atoms with E-state index in [2.05, 4.69) is 10.1 Å². The first-order valence-electron chi connectivity index (χ1n) is 5.28. The quantitative estimate of drug-likeness (QED) is 0.774. The number of halogens is 2. The van der Waals surface area contributed by atoms with Crippen LogP contribution in [0.3, 0.4) is 0 Å². The van der Waals surface area contributed by atoms with Gasteiger partial charge in [-0.25, -0.2) is 8.78 Å². The van der Waals surface area contributed by atoms with Crippen molar-refractivity contribution in [3.05, 3.63) is 29.3 Å². The Bertz CT molecular complexity index is 416. The van der Waals surface area contributed by atoms with Crippen LogP contribution in [0, 0.1) is 23.0 Å². The van der Waals surface area contributed by atoms with E-state index in [1.807, 2.05) is 6.07 Å². The van der Waals surface area contributed by atoms with Gasteiger partial charge in [0, 0.05) is 19.0 Å². The first kappa shape index (κ1) is 13.4. The molecule has 0 aromatic heterocycles. The topological polar surface area (TPSA) is 45.0 Å². The number of methoxy groups -OCH3 is 1. The average Bonchev–Trinajstić information content (AvgIpc) is 2.32. The Morgan fingerprint density at radius 2 is 2.06 bits per heavy atom. The molecular formula is C12H14F2N2O. The van der Waals surface area contributed by atoms with Gasteiger partial charge in [0.05, 0.1) is 13.2 Å². The molecule has 0 aliphatic carbocycles. The maximum absolute atomic E-state index is 13.5. The molecule has 1 N–H and O–H groups in total. The fraction of sp³-hybridized carbons (Fsp3) is 0.417. The SMILES string of the molecule is COc1cc(F)c(CCNCCC#N)cc1F. The highest BCUT2D eigenvalue weighted by Gasteiger charge is 2.09. The first-order valence-corrected chi connectivity index (χ1v) is 5.28. The highest BCUT2D eigenvalue weighted by Crippen LogP contribution is 2.21. The van der Waals surface area contributed by atoms with Crippen molar-refractivity contribution >= 4 is 0 Å². The van der Waals surface area contributed by atoms with Crippen molar-refractivity contribution in [3.8, 4) is 11.8 Å². The molecule has 0 spiro atoms. The molecule has 0 aliphatic rings. The van der Waals surface area contributed by atoms with Crippen LogP contribution in [0.4, 0.5) is 8.78 Å². The summed E-state index contributed by atoms with van der Waals surface area (Å²) in [6, 6.07) is 4.17. The highest BCUT2D eigenvalue weighted by atomic mass is 19.1. The summed E-state index contributed by atoms with van der Waals surface area (Å²) in [6.07, 6.45) is 0.775. The van der Waals surface area contributed by atoms with Gasteiger partial charge in [-0.3, -0.25) is 0 Å². The van der Waals surface area contributed by atoms with E-state index in [1.165, 1.54) is 7.11 Å². The van der Waals surface area contributed by atoms with Crippen molar-refractivity contribution in [1.82, 2.24) is 5.32 Å². The first-order chi connectivity index (χ1) is 8.19. The lowest BCUT2D eigenvalue weighted by molar-refractivity contribution is 0.381. The Kier molecular flexibility index (Phi) is 5.37. The summed E-state index contributed by atoms with van der Waals surface area (Å²) in [5, 5.41) is 11.3. The van der Waals surface area contributed by atoms with E-state index in [4.69, 9.17) is 5.26 Å². The zero-order chi connectivity index (χ0) is 12.7. The molecule has 1 aromatic rings. The molecule has 0 fully saturated rings. The van der Waals surface area contributed by atoms with Gasteiger partial charge in [-0.15, -0.1) is 0 Å². The third-order valence-electron chi connectivity index (χ3n) is 2.31. The van der Waals surface area contributed by atoms with Crippen LogP contribution in [-0.4, -0.2) is 20.2 Å². The van der Waals surface area contributed by atoms with Crippen LogP contribution in [0.1, 0.15) is 12.0 Å². The predicted octanol–water partition coefficient (Wildman–Crippen LogP) is 2.02. The molecule has 3 nitrogen and oxygen atoms in total. The van der Waals surface area contributed by atoms with E-state index in [9.17, 15) is 8.78 Å². The van der Waals surface area contributed by atoms with Gasteiger partial charge in [0.15, 0.2) is 11.6 Å². The van der Waals surface area contributed by atoms with E-state index in [0.717, 1.165) is 12.1 Å². The fourth-order valence-electron chi connectivity index (χ4n) is 1.41. The number of nitriles is 1. The van der Waals surface area contributed by atoms with E-state index in [0.29, 0.717) is 31.5 Å². The number of rotatable bonds is 6. The van der Waals surface area contributed by atoms with Gasteiger partial charge in [0.1, 0.15) is 5.82 Å². The van der Waals surface area contributed by atoms with Gasteiger partial charge in [0.25, 0.3) is 0 Å². The monoisotopic (exact) mass is 240 g/mol. The van der Waals surface area contributed by atoms with Crippen LogP contribution < -0.4 is 10.1 Å². The average molecular weight is 240 g/mol. The minimum Gasteiger partial charge on any atom is -0.494 e. The molecule has 17 heavy (non-hydrogen) atoms. The van der Waals surface area contributed by atoms with Crippen molar-refractivity contribution < 1.29 is 13.5 Å². The van der Waals surface area contributed by atoms with Gasteiger partial charge in [0.2, 0.25) is 0 Å². The third-order valence-corrected chi connectivity index (χ3v) is 2.31. The van der Waals surface area contributed by atoms with Gasteiger partial charge >= 0.3 is 0 Å². The Hall–Kier alpha value is -1.67. The Labute approximate surface area is 99.0 Å². The summed E-state index contributed by atoms with van der Waals surface area (Å²) >= 11 is 0. The summed E-state index contributed by atoms with van der Waals surface area (Å²) in [7, 11) is 1.29. The molecule has 1 aromatic carbocycles. The maximum atomic E-state index is 13.5.